The van der Waals surface area contributed by atoms with E-state index < -0.39 is 12.1 Å². The van der Waals surface area contributed by atoms with E-state index in [1.807, 2.05) is 24.3 Å². The molecule has 0 spiro atoms. The molecule has 2 aromatic carbocycles. The Balaban J connectivity index is 1.25. The number of carbonyl (C=O) groups is 2. The number of morpholine rings is 1. The van der Waals surface area contributed by atoms with Crippen molar-refractivity contribution in [2.75, 3.05) is 46.0 Å². The second kappa shape index (κ2) is 9.94. The maximum absolute atomic E-state index is 12.3. The molecule has 1 saturated heterocycles. The van der Waals surface area contributed by atoms with Gasteiger partial charge in [-0.15, -0.1) is 0 Å². The van der Waals surface area contributed by atoms with Crippen LogP contribution in [0.25, 0.3) is 11.1 Å². The smallest absolute Gasteiger partial charge is 0.407 e. The first-order valence-electron chi connectivity index (χ1n) is 10.8. The number of ether oxygens (including phenoxy) is 2. The van der Waals surface area contributed by atoms with Crippen molar-refractivity contribution in [2.24, 2.45) is 0 Å². The van der Waals surface area contributed by atoms with Crippen molar-refractivity contribution in [1.29, 1.82) is 0 Å². The largest absolute Gasteiger partial charge is 0.449 e. The highest BCUT2D eigenvalue weighted by Gasteiger charge is 2.29. The molecule has 7 heteroatoms. The zero-order valence-electron chi connectivity index (χ0n) is 17.8. The summed E-state index contributed by atoms with van der Waals surface area (Å²) in [6.45, 7) is 6.41. The molecule has 0 aromatic heterocycles. The third-order valence-electron chi connectivity index (χ3n) is 5.90. The van der Waals surface area contributed by atoms with E-state index in [4.69, 9.17) is 9.47 Å². The first-order valence-corrected chi connectivity index (χ1v) is 10.8. The second-order valence-corrected chi connectivity index (χ2v) is 7.94. The lowest BCUT2D eigenvalue weighted by atomic mass is 9.98. The van der Waals surface area contributed by atoms with Gasteiger partial charge in [0.25, 0.3) is 0 Å². The Labute approximate surface area is 182 Å². The molecule has 2 N–H and O–H groups in total. The number of nitrogens with one attached hydrogen (secondary N) is 2. The Morgan fingerprint density at radius 1 is 1.06 bits per heavy atom. The Bertz CT molecular complexity index is 881. The molecule has 0 saturated carbocycles. The van der Waals surface area contributed by atoms with Gasteiger partial charge < -0.3 is 20.1 Å². The van der Waals surface area contributed by atoms with Gasteiger partial charge in [-0.05, 0) is 29.2 Å². The van der Waals surface area contributed by atoms with Gasteiger partial charge in [0, 0.05) is 32.1 Å². The quantitative estimate of drug-likeness (QED) is 0.715. The van der Waals surface area contributed by atoms with Crippen molar-refractivity contribution in [3.63, 3.8) is 0 Å². The molecule has 2 aromatic rings. The molecule has 0 bridgehead atoms. The highest BCUT2D eigenvalue weighted by molar-refractivity contribution is 5.85. The zero-order chi connectivity index (χ0) is 21.6. The molecule has 7 nitrogen and oxygen atoms in total. The van der Waals surface area contributed by atoms with Crippen LogP contribution in [0.5, 0.6) is 0 Å². The van der Waals surface area contributed by atoms with Gasteiger partial charge in [0.15, 0.2) is 0 Å². The monoisotopic (exact) mass is 423 g/mol. The summed E-state index contributed by atoms with van der Waals surface area (Å²) < 4.78 is 10.8. The predicted molar refractivity (Wildman–Crippen MR) is 118 cm³/mol. The van der Waals surface area contributed by atoms with Gasteiger partial charge in [0.1, 0.15) is 12.6 Å². The number of amides is 2. The molecule has 164 valence electrons. The highest BCUT2D eigenvalue weighted by atomic mass is 16.5. The van der Waals surface area contributed by atoms with Crippen LogP contribution in [-0.2, 0) is 14.3 Å². The van der Waals surface area contributed by atoms with Crippen LogP contribution in [0.2, 0.25) is 0 Å². The fourth-order valence-corrected chi connectivity index (χ4v) is 4.20. The summed E-state index contributed by atoms with van der Waals surface area (Å²) in [6, 6.07) is 15.7. The number of hydrogen-bond donors (Lipinski definition) is 2. The molecule has 1 aliphatic carbocycles. The second-order valence-electron chi connectivity index (χ2n) is 7.94. The van der Waals surface area contributed by atoms with E-state index >= 15 is 0 Å². The topological polar surface area (TPSA) is 79.9 Å². The molecule has 1 heterocycles. The van der Waals surface area contributed by atoms with E-state index in [9.17, 15) is 9.59 Å². The molecular weight excluding hydrogens is 394 g/mol. The summed E-state index contributed by atoms with van der Waals surface area (Å²) in [7, 11) is 0. The van der Waals surface area contributed by atoms with Crippen LogP contribution in [0.1, 0.15) is 24.0 Å². The van der Waals surface area contributed by atoms with Crippen molar-refractivity contribution in [3.05, 3.63) is 59.7 Å². The van der Waals surface area contributed by atoms with Crippen molar-refractivity contribution in [1.82, 2.24) is 15.5 Å². The first kappa shape index (κ1) is 21.3. The third kappa shape index (κ3) is 5.06. The number of rotatable bonds is 7. The lowest BCUT2D eigenvalue weighted by Gasteiger charge is -2.26. The van der Waals surface area contributed by atoms with Crippen LogP contribution in [0.3, 0.4) is 0 Å². The van der Waals surface area contributed by atoms with Gasteiger partial charge in [-0.1, -0.05) is 48.5 Å². The fourth-order valence-electron chi connectivity index (χ4n) is 4.20. The Morgan fingerprint density at radius 2 is 1.68 bits per heavy atom. The molecule has 1 atom stereocenters. The average Bonchev–Trinajstić information content (AvgIpc) is 3.12. The Hall–Kier alpha value is -2.90. The van der Waals surface area contributed by atoms with Gasteiger partial charge in [0.2, 0.25) is 5.91 Å². The van der Waals surface area contributed by atoms with E-state index in [1.165, 1.54) is 11.1 Å². The van der Waals surface area contributed by atoms with E-state index in [0.29, 0.717) is 6.54 Å². The minimum Gasteiger partial charge on any atom is -0.449 e. The van der Waals surface area contributed by atoms with Crippen molar-refractivity contribution in [3.8, 4) is 11.1 Å². The van der Waals surface area contributed by atoms with E-state index in [-0.39, 0.29) is 18.4 Å². The van der Waals surface area contributed by atoms with Crippen LogP contribution in [-0.4, -0.2) is 68.9 Å². The van der Waals surface area contributed by atoms with Gasteiger partial charge in [-0.25, -0.2) is 4.79 Å². The van der Waals surface area contributed by atoms with Gasteiger partial charge >= 0.3 is 6.09 Å². The summed E-state index contributed by atoms with van der Waals surface area (Å²) >= 11 is 0. The molecule has 1 fully saturated rings. The van der Waals surface area contributed by atoms with Crippen molar-refractivity contribution >= 4 is 12.0 Å². The minimum atomic E-state index is -0.666. The molecule has 31 heavy (non-hydrogen) atoms. The summed E-state index contributed by atoms with van der Waals surface area (Å²) in [5, 5.41) is 5.50. The standard InChI is InChI=1S/C24H29N3O4/c1-17(23(28)25-10-11-27-12-14-30-15-13-27)26-24(29)31-16-22-20-8-4-2-6-18(20)19-7-3-5-9-21(19)22/h2-9,17,22H,10-16H2,1H3,(H,25,28)(H,26,29)/t17-/m0/s1. The predicted octanol–water partition coefficient (Wildman–Crippen LogP) is 2.36. The van der Waals surface area contributed by atoms with Crippen molar-refractivity contribution in [2.45, 2.75) is 18.9 Å². The maximum Gasteiger partial charge on any atom is 0.407 e. The minimum absolute atomic E-state index is 0.00388. The number of benzene rings is 2. The summed E-state index contributed by atoms with van der Waals surface area (Å²) in [5.74, 6) is -0.224. The average molecular weight is 424 g/mol. The van der Waals surface area contributed by atoms with Crippen LogP contribution in [0, 0.1) is 0 Å². The molecule has 2 aliphatic rings. The number of carbonyl (C=O) groups excluding carboxylic acids is 2. The normalized spacial score (nSPS) is 16.8. The summed E-state index contributed by atoms with van der Waals surface area (Å²) in [5.41, 5.74) is 4.68. The number of hydrogen-bond acceptors (Lipinski definition) is 5. The first-order chi connectivity index (χ1) is 15.1. The molecule has 2 amide bonds. The summed E-state index contributed by atoms with van der Waals surface area (Å²) in [6.07, 6.45) is -0.585. The molecule has 4 rings (SSSR count). The Morgan fingerprint density at radius 3 is 2.32 bits per heavy atom. The van der Waals surface area contributed by atoms with Crippen LogP contribution in [0.4, 0.5) is 4.79 Å². The molecule has 0 unspecified atom stereocenters. The van der Waals surface area contributed by atoms with Gasteiger partial charge in [-0.2, -0.15) is 0 Å². The fraction of sp³-hybridized carbons (Fsp3) is 0.417. The molecule has 1 aliphatic heterocycles. The number of fused-ring (bicyclic) bond motifs is 3. The SMILES string of the molecule is C[C@H](NC(=O)OCC1c2ccccc2-c2ccccc21)C(=O)NCCN1CCOCC1. The van der Waals surface area contributed by atoms with Gasteiger partial charge in [-0.3, -0.25) is 9.69 Å². The maximum atomic E-state index is 12.3. The van der Waals surface area contributed by atoms with Crippen LogP contribution in [0.15, 0.2) is 48.5 Å². The number of alkyl carbamates (subject to hydrolysis) is 1. The van der Waals surface area contributed by atoms with Crippen LogP contribution >= 0.6 is 0 Å². The third-order valence-corrected chi connectivity index (χ3v) is 5.90. The summed E-state index contributed by atoms with van der Waals surface area (Å²) in [4.78, 5) is 26.9. The van der Waals surface area contributed by atoms with E-state index in [2.05, 4.69) is 39.8 Å². The lowest BCUT2D eigenvalue weighted by molar-refractivity contribution is -0.122. The van der Waals surface area contributed by atoms with Gasteiger partial charge in [0.05, 0.1) is 13.2 Å². The number of nitrogens with zero attached hydrogens (tertiary/aromatic N) is 1. The zero-order valence-corrected chi connectivity index (χ0v) is 17.8. The lowest BCUT2D eigenvalue weighted by Crippen LogP contribution is -2.47. The van der Waals surface area contributed by atoms with E-state index in [0.717, 1.165) is 44.0 Å². The van der Waals surface area contributed by atoms with Crippen LogP contribution < -0.4 is 10.6 Å². The van der Waals surface area contributed by atoms with E-state index in [1.54, 1.807) is 6.92 Å². The van der Waals surface area contributed by atoms with Crippen molar-refractivity contribution < 1.29 is 19.1 Å². The molecular formula is C24H29N3O4. The highest BCUT2D eigenvalue weighted by Crippen LogP contribution is 2.44. The Kier molecular flexibility index (Phi) is 6.84. The molecule has 0 radical (unpaired) electrons.